The van der Waals surface area contributed by atoms with E-state index in [0.29, 0.717) is 35.4 Å². The standard InChI is InChI=1S/C20H17Cl2N3O7/c21-11-1-3-13(14(22)7-11)19(28)23-9-18(27)32-10-17(26)25-20(29)24-12-2-4-15-16(8-12)31-6-5-30-15/h1-4,7-8H,5-6,9-10H2,(H,23,28)(H2,24,25,26,29). The number of fused-ring (bicyclic) bond motifs is 1. The van der Waals surface area contributed by atoms with Gasteiger partial charge in [-0.15, -0.1) is 0 Å². The summed E-state index contributed by atoms with van der Waals surface area (Å²) in [5.41, 5.74) is 0.498. The van der Waals surface area contributed by atoms with Gasteiger partial charge in [0.15, 0.2) is 18.1 Å². The van der Waals surface area contributed by atoms with Crippen molar-refractivity contribution in [1.82, 2.24) is 10.6 Å². The first-order valence-corrected chi connectivity index (χ1v) is 9.97. The first-order valence-electron chi connectivity index (χ1n) is 9.21. The van der Waals surface area contributed by atoms with Crippen molar-refractivity contribution in [2.75, 3.05) is 31.7 Å². The van der Waals surface area contributed by atoms with Gasteiger partial charge in [-0.1, -0.05) is 23.2 Å². The van der Waals surface area contributed by atoms with E-state index in [1.165, 1.54) is 18.2 Å². The van der Waals surface area contributed by atoms with Gasteiger partial charge in [-0.2, -0.15) is 0 Å². The lowest BCUT2D eigenvalue weighted by Crippen LogP contribution is -2.38. The van der Waals surface area contributed by atoms with Crippen LogP contribution in [0, 0.1) is 0 Å². The molecular formula is C20H17Cl2N3O7. The van der Waals surface area contributed by atoms with Gasteiger partial charge >= 0.3 is 12.0 Å². The van der Waals surface area contributed by atoms with Crippen molar-refractivity contribution in [2.24, 2.45) is 0 Å². The van der Waals surface area contributed by atoms with Crippen LogP contribution in [0.3, 0.4) is 0 Å². The highest BCUT2D eigenvalue weighted by Crippen LogP contribution is 2.32. The molecule has 0 unspecified atom stereocenters. The number of carbonyl (C=O) groups excluding carboxylic acids is 4. The van der Waals surface area contributed by atoms with E-state index in [4.69, 9.17) is 37.4 Å². The molecule has 2 aromatic rings. The Labute approximate surface area is 192 Å². The maximum Gasteiger partial charge on any atom is 0.325 e. The van der Waals surface area contributed by atoms with Crippen molar-refractivity contribution < 1.29 is 33.4 Å². The van der Waals surface area contributed by atoms with Crippen LogP contribution in [-0.4, -0.2) is 50.2 Å². The molecule has 3 N–H and O–H groups in total. The van der Waals surface area contributed by atoms with Gasteiger partial charge in [0.05, 0.1) is 10.6 Å². The molecular weight excluding hydrogens is 465 g/mol. The number of imide groups is 1. The van der Waals surface area contributed by atoms with Gasteiger partial charge in [0, 0.05) is 16.8 Å². The second kappa shape index (κ2) is 10.7. The third kappa shape index (κ3) is 6.50. The summed E-state index contributed by atoms with van der Waals surface area (Å²) in [6.45, 7) is -0.398. The van der Waals surface area contributed by atoms with Crippen LogP contribution in [0.25, 0.3) is 0 Å². The van der Waals surface area contributed by atoms with Crippen molar-refractivity contribution in [3.63, 3.8) is 0 Å². The van der Waals surface area contributed by atoms with Crippen LogP contribution in [0.5, 0.6) is 11.5 Å². The Balaban J connectivity index is 1.39. The predicted octanol–water partition coefficient (Wildman–Crippen LogP) is 2.39. The number of carbonyl (C=O) groups is 4. The van der Waals surface area contributed by atoms with Gasteiger partial charge in [-0.05, 0) is 30.3 Å². The highest BCUT2D eigenvalue weighted by Gasteiger charge is 2.16. The number of ether oxygens (including phenoxy) is 3. The van der Waals surface area contributed by atoms with Crippen LogP contribution >= 0.6 is 23.2 Å². The third-order valence-electron chi connectivity index (χ3n) is 3.99. The number of benzene rings is 2. The highest BCUT2D eigenvalue weighted by molar-refractivity contribution is 6.36. The smallest absolute Gasteiger partial charge is 0.325 e. The van der Waals surface area contributed by atoms with Crippen molar-refractivity contribution in [1.29, 1.82) is 0 Å². The number of halogens is 2. The fourth-order valence-corrected chi connectivity index (χ4v) is 3.06. The monoisotopic (exact) mass is 481 g/mol. The molecule has 32 heavy (non-hydrogen) atoms. The molecule has 0 saturated carbocycles. The van der Waals surface area contributed by atoms with Crippen LogP contribution in [0.15, 0.2) is 36.4 Å². The Hall–Kier alpha value is -3.50. The summed E-state index contributed by atoms with van der Waals surface area (Å²) in [5.74, 6) is -1.34. The number of nitrogens with one attached hydrogen (secondary N) is 3. The van der Waals surface area contributed by atoms with Crippen molar-refractivity contribution >= 4 is 52.7 Å². The van der Waals surface area contributed by atoms with Crippen LogP contribution in [-0.2, 0) is 14.3 Å². The van der Waals surface area contributed by atoms with Gasteiger partial charge < -0.3 is 24.8 Å². The first kappa shape index (κ1) is 23.2. The number of hydrogen-bond acceptors (Lipinski definition) is 7. The molecule has 0 bridgehead atoms. The number of esters is 1. The minimum Gasteiger partial charge on any atom is -0.486 e. The molecule has 1 aliphatic heterocycles. The lowest BCUT2D eigenvalue weighted by molar-refractivity contribution is -0.147. The van der Waals surface area contributed by atoms with E-state index in [0.717, 1.165) is 0 Å². The molecule has 1 aliphatic rings. The van der Waals surface area contributed by atoms with Gasteiger partial charge in [0.1, 0.15) is 19.8 Å². The molecule has 1 heterocycles. The summed E-state index contributed by atoms with van der Waals surface area (Å²) < 4.78 is 15.5. The van der Waals surface area contributed by atoms with Crippen LogP contribution in [0.2, 0.25) is 10.0 Å². The van der Waals surface area contributed by atoms with Gasteiger partial charge in [-0.25, -0.2) is 4.79 Å². The third-order valence-corrected chi connectivity index (χ3v) is 4.53. The summed E-state index contributed by atoms with van der Waals surface area (Å²) in [4.78, 5) is 47.5. The quantitative estimate of drug-likeness (QED) is 0.539. The van der Waals surface area contributed by atoms with Crippen LogP contribution in [0.4, 0.5) is 10.5 Å². The van der Waals surface area contributed by atoms with E-state index in [1.54, 1.807) is 18.2 Å². The Morgan fingerprint density at radius 1 is 0.969 bits per heavy atom. The average molecular weight is 482 g/mol. The number of rotatable bonds is 6. The van der Waals surface area contributed by atoms with E-state index in [1.807, 2.05) is 5.32 Å². The highest BCUT2D eigenvalue weighted by atomic mass is 35.5. The molecule has 4 amide bonds. The van der Waals surface area contributed by atoms with E-state index < -0.39 is 37.0 Å². The van der Waals surface area contributed by atoms with Crippen molar-refractivity contribution in [3.05, 3.63) is 52.0 Å². The molecule has 12 heteroatoms. The zero-order valence-corrected chi connectivity index (χ0v) is 17.9. The second-order valence-electron chi connectivity index (χ2n) is 6.33. The molecule has 10 nitrogen and oxygen atoms in total. The number of anilines is 1. The minimum atomic E-state index is -0.883. The SMILES string of the molecule is O=C(COC(=O)CNC(=O)c1ccc(Cl)cc1Cl)NC(=O)Nc1ccc2c(c1)OCCO2. The summed E-state index contributed by atoms with van der Waals surface area (Å²) in [5, 5.41) is 7.24. The van der Waals surface area contributed by atoms with Crippen molar-refractivity contribution in [2.45, 2.75) is 0 Å². The average Bonchev–Trinajstić information content (AvgIpc) is 2.76. The van der Waals surface area contributed by atoms with Crippen molar-refractivity contribution in [3.8, 4) is 11.5 Å². The number of amides is 4. The maximum atomic E-state index is 12.0. The Morgan fingerprint density at radius 2 is 1.72 bits per heavy atom. The van der Waals surface area contributed by atoms with E-state index in [-0.39, 0.29) is 10.6 Å². The Morgan fingerprint density at radius 3 is 2.47 bits per heavy atom. The molecule has 0 spiro atoms. The van der Waals surface area contributed by atoms with Gasteiger partial charge in [0.25, 0.3) is 11.8 Å². The number of hydrogen-bond donors (Lipinski definition) is 3. The molecule has 0 radical (unpaired) electrons. The molecule has 0 aromatic heterocycles. The van der Waals surface area contributed by atoms with E-state index >= 15 is 0 Å². The summed E-state index contributed by atoms with van der Waals surface area (Å²) in [7, 11) is 0. The summed E-state index contributed by atoms with van der Waals surface area (Å²) >= 11 is 11.7. The zero-order valence-electron chi connectivity index (χ0n) is 16.4. The van der Waals surface area contributed by atoms with Gasteiger partial charge in [0.2, 0.25) is 0 Å². The van der Waals surface area contributed by atoms with Crippen LogP contribution in [0.1, 0.15) is 10.4 Å². The normalized spacial score (nSPS) is 11.8. The summed E-state index contributed by atoms with van der Waals surface area (Å²) in [6, 6.07) is 8.19. The molecule has 2 aromatic carbocycles. The summed E-state index contributed by atoms with van der Waals surface area (Å²) in [6.07, 6.45) is 0. The first-order chi connectivity index (χ1) is 15.3. The minimum absolute atomic E-state index is 0.117. The molecule has 0 aliphatic carbocycles. The fourth-order valence-electron chi connectivity index (χ4n) is 2.56. The molecule has 3 rings (SSSR count). The zero-order chi connectivity index (χ0) is 23.1. The fraction of sp³-hybridized carbons (Fsp3) is 0.200. The largest absolute Gasteiger partial charge is 0.486 e. The second-order valence-corrected chi connectivity index (χ2v) is 7.17. The topological polar surface area (TPSA) is 132 Å². The van der Waals surface area contributed by atoms with Gasteiger partial charge in [-0.3, -0.25) is 19.7 Å². The number of urea groups is 1. The predicted molar refractivity (Wildman–Crippen MR) is 114 cm³/mol. The molecule has 168 valence electrons. The Kier molecular flexibility index (Phi) is 7.74. The lowest BCUT2D eigenvalue weighted by Gasteiger charge is -2.19. The molecule has 0 saturated heterocycles. The Bertz CT molecular complexity index is 1060. The van der Waals surface area contributed by atoms with E-state index in [2.05, 4.69) is 10.6 Å². The lowest BCUT2D eigenvalue weighted by atomic mass is 10.2. The molecule has 0 fully saturated rings. The molecule has 0 atom stereocenters. The van der Waals surface area contributed by atoms with Crippen LogP contribution < -0.4 is 25.4 Å². The van der Waals surface area contributed by atoms with E-state index in [9.17, 15) is 19.2 Å². The maximum absolute atomic E-state index is 12.0.